The van der Waals surface area contributed by atoms with Crippen molar-refractivity contribution in [3.8, 4) is 50.7 Å². The van der Waals surface area contributed by atoms with E-state index in [2.05, 4.69) is 143 Å². The molecule has 0 unspecified atom stereocenters. The molecule has 0 radical (unpaired) electrons. The Morgan fingerprint density at radius 2 is 0.811 bits per heavy atom. The lowest BCUT2D eigenvalue weighted by atomic mass is 10.0. The quantitative estimate of drug-likeness (QED) is 0.241. The van der Waals surface area contributed by atoms with Gasteiger partial charge in [0.05, 0.1) is 0 Å². The average Bonchev–Trinajstić information content (AvgIpc) is 3.43. The van der Waals surface area contributed by atoms with Crippen LogP contribution in [0.15, 0.2) is 133 Å². The fraction of sp³-hybridized carbons (Fsp3) is 0.0588. The van der Waals surface area contributed by atoms with Crippen LogP contribution in [0.1, 0.15) is 12.5 Å². The van der Waals surface area contributed by atoms with Gasteiger partial charge >= 0.3 is 0 Å². The molecular formula is C34H27N3. The smallest absolute Gasteiger partial charge is 0.168 e. The second kappa shape index (κ2) is 10.1. The monoisotopic (exact) mass is 477 g/mol. The lowest BCUT2D eigenvalue weighted by Crippen LogP contribution is -2.01. The standard InChI is InChI=1S/C34H27N3/c1-2-25-13-23-32(24-14-25)37-33(30-19-15-28(16-20-30)26-9-5-3-6-10-26)35-36-34(37)31-21-17-29(18-22-31)27-11-7-4-8-12-27/h3-24H,2H2,1H3. The molecule has 3 nitrogen and oxygen atoms in total. The molecule has 0 atom stereocenters. The highest BCUT2D eigenvalue weighted by molar-refractivity contribution is 5.72. The van der Waals surface area contributed by atoms with E-state index in [-0.39, 0.29) is 0 Å². The summed E-state index contributed by atoms with van der Waals surface area (Å²) in [5.74, 6) is 1.65. The summed E-state index contributed by atoms with van der Waals surface area (Å²) >= 11 is 0. The molecule has 0 aliphatic carbocycles. The maximum absolute atomic E-state index is 4.68. The van der Waals surface area contributed by atoms with E-state index in [9.17, 15) is 0 Å². The summed E-state index contributed by atoms with van der Waals surface area (Å²) < 4.78 is 2.16. The number of nitrogens with zero attached hydrogens (tertiary/aromatic N) is 3. The zero-order valence-electron chi connectivity index (χ0n) is 20.8. The molecule has 0 N–H and O–H groups in total. The zero-order valence-corrected chi connectivity index (χ0v) is 20.8. The van der Waals surface area contributed by atoms with Crippen LogP contribution in [0.2, 0.25) is 0 Å². The molecule has 1 aromatic heterocycles. The van der Waals surface area contributed by atoms with Crippen LogP contribution >= 0.6 is 0 Å². The van der Waals surface area contributed by atoms with Crippen molar-refractivity contribution in [3.05, 3.63) is 139 Å². The van der Waals surface area contributed by atoms with Gasteiger partial charge in [0.2, 0.25) is 0 Å². The lowest BCUT2D eigenvalue weighted by molar-refractivity contribution is 1.06. The van der Waals surface area contributed by atoms with E-state index >= 15 is 0 Å². The minimum absolute atomic E-state index is 0.825. The van der Waals surface area contributed by atoms with Crippen molar-refractivity contribution in [2.75, 3.05) is 0 Å². The van der Waals surface area contributed by atoms with Gasteiger partial charge in [-0.05, 0) is 46.4 Å². The van der Waals surface area contributed by atoms with Gasteiger partial charge in [-0.2, -0.15) is 0 Å². The molecule has 1 heterocycles. The van der Waals surface area contributed by atoms with Crippen LogP contribution in [-0.4, -0.2) is 14.8 Å². The summed E-state index contributed by atoms with van der Waals surface area (Å²) in [4.78, 5) is 0. The van der Waals surface area contributed by atoms with Crippen LogP contribution in [0.5, 0.6) is 0 Å². The highest BCUT2D eigenvalue weighted by Gasteiger charge is 2.17. The average molecular weight is 478 g/mol. The van der Waals surface area contributed by atoms with Crippen LogP contribution in [0.25, 0.3) is 50.7 Å². The Bertz CT molecular complexity index is 1500. The van der Waals surface area contributed by atoms with Gasteiger partial charge in [0.1, 0.15) is 0 Å². The topological polar surface area (TPSA) is 30.7 Å². The van der Waals surface area contributed by atoms with Gasteiger partial charge in [-0.3, -0.25) is 4.57 Å². The van der Waals surface area contributed by atoms with Crippen molar-refractivity contribution in [1.29, 1.82) is 0 Å². The Morgan fingerprint density at radius 1 is 0.432 bits per heavy atom. The van der Waals surface area contributed by atoms with Crippen LogP contribution in [0, 0.1) is 0 Å². The predicted molar refractivity (Wildman–Crippen MR) is 152 cm³/mol. The van der Waals surface area contributed by atoms with E-state index in [1.807, 2.05) is 12.1 Å². The molecule has 0 spiro atoms. The first-order chi connectivity index (χ1) is 18.3. The molecule has 0 aliphatic heterocycles. The van der Waals surface area contributed by atoms with Gasteiger partial charge in [0.25, 0.3) is 0 Å². The van der Waals surface area contributed by atoms with Crippen LogP contribution in [0.4, 0.5) is 0 Å². The molecule has 0 fully saturated rings. The summed E-state index contributed by atoms with van der Waals surface area (Å²) in [7, 11) is 0. The fourth-order valence-corrected chi connectivity index (χ4v) is 4.67. The molecule has 0 amide bonds. The zero-order chi connectivity index (χ0) is 25.0. The number of rotatable bonds is 6. The van der Waals surface area contributed by atoms with E-state index in [0.717, 1.165) is 34.9 Å². The Kier molecular flexibility index (Phi) is 6.18. The van der Waals surface area contributed by atoms with Gasteiger partial charge in [0, 0.05) is 16.8 Å². The maximum Gasteiger partial charge on any atom is 0.168 e. The first kappa shape index (κ1) is 22.7. The summed E-state index contributed by atoms with van der Waals surface area (Å²) in [6.45, 7) is 2.17. The number of aryl methyl sites for hydroxylation is 1. The van der Waals surface area contributed by atoms with Gasteiger partial charge in [0.15, 0.2) is 11.6 Å². The maximum atomic E-state index is 4.68. The van der Waals surface area contributed by atoms with Gasteiger partial charge in [-0.25, -0.2) is 0 Å². The summed E-state index contributed by atoms with van der Waals surface area (Å²) in [6.07, 6.45) is 1.00. The van der Waals surface area contributed by atoms with Crippen LogP contribution < -0.4 is 0 Å². The summed E-state index contributed by atoms with van der Waals surface area (Å²) in [5.41, 5.74) is 9.16. The molecule has 0 saturated heterocycles. The van der Waals surface area contributed by atoms with Gasteiger partial charge in [-0.15, -0.1) is 10.2 Å². The lowest BCUT2D eigenvalue weighted by Gasteiger charge is -2.12. The van der Waals surface area contributed by atoms with Crippen molar-refractivity contribution in [2.45, 2.75) is 13.3 Å². The largest absolute Gasteiger partial charge is 0.275 e. The Labute approximate surface area is 217 Å². The highest BCUT2D eigenvalue weighted by Crippen LogP contribution is 2.31. The summed E-state index contributed by atoms with van der Waals surface area (Å²) in [6, 6.07) is 46.7. The molecule has 178 valence electrons. The second-order valence-corrected chi connectivity index (χ2v) is 9.09. The molecule has 0 saturated carbocycles. The Hall–Kier alpha value is -4.76. The number of hydrogen-bond acceptors (Lipinski definition) is 2. The van der Waals surface area contributed by atoms with Gasteiger partial charge < -0.3 is 0 Å². The van der Waals surface area contributed by atoms with Crippen LogP contribution in [-0.2, 0) is 6.42 Å². The molecule has 6 rings (SSSR count). The molecule has 6 aromatic rings. The van der Waals surface area contributed by atoms with E-state index in [4.69, 9.17) is 0 Å². The number of benzene rings is 5. The van der Waals surface area contributed by atoms with E-state index in [1.165, 1.54) is 27.8 Å². The van der Waals surface area contributed by atoms with Crippen molar-refractivity contribution >= 4 is 0 Å². The van der Waals surface area contributed by atoms with Crippen molar-refractivity contribution in [1.82, 2.24) is 14.8 Å². The fourth-order valence-electron chi connectivity index (χ4n) is 4.67. The Balaban J connectivity index is 1.43. The van der Waals surface area contributed by atoms with E-state index < -0.39 is 0 Å². The molecule has 37 heavy (non-hydrogen) atoms. The summed E-state index contributed by atoms with van der Waals surface area (Å²) in [5, 5.41) is 9.36. The third-order valence-electron chi connectivity index (χ3n) is 6.77. The minimum atomic E-state index is 0.825. The number of hydrogen-bond donors (Lipinski definition) is 0. The van der Waals surface area contributed by atoms with Crippen molar-refractivity contribution in [2.24, 2.45) is 0 Å². The minimum Gasteiger partial charge on any atom is -0.275 e. The van der Waals surface area contributed by atoms with E-state index in [1.54, 1.807) is 0 Å². The normalized spacial score (nSPS) is 10.9. The first-order valence-electron chi connectivity index (χ1n) is 12.7. The SMILES string of the molecule is CCc1ccc(-n2c(-c3ccc(-c4ccccc4)cc3)nnc2-c2ccc(-c3ccccc3)cc2)cc1. The van der Waals surface area contributed by atoms with Crippen LogP contribution in [0.3, 0.4) is 0 Å². The molecule has 0 aliphatic rings. The molecule has 0 bridgehead atoms. The first-order valence-corrected chi connectivity index (χ1v) is 12.7. The molecule has 5 aromatic carbocycles. The molecule has 3 heteroatoms. The van der Waals surface area contributed by atoms with Crippen molar-refractivity contribution in [3.63, 3.8) is 0 Å². The third kappa shape index (κ3) is 4.60. The van der Waals surface area contributed by atoms with E-state index in [0.29, 0.717) is 0 Å². The number of aromatic nitrogens is 3. The highest BCUT2D eigenvalue weighted by atomic mass is 15.3. The van der Waals surface area contributed by atoms with Crippen molar-refractivity contribution < 1.29 is 0 Å². The Morgan fingerprint density at radius 3 is 1.22 bits per heavy atom. The molecular weight excluding hydrogens is 450 g/mol. The predicted octanol–water partition coefficient (Wildman–Crippen LogP) is 8.50. The van der Waals surface area contributed by atoms with Gasteiger partial charge in [-0.1, -0.05) is 128 Å². The third-order valence-corrected chi connectivity index (χ3v) is 6.77. The second-order valence-electron chi connectivity index (χ2n) is 9.09.